The predicted molar refractivity (Wildman–Crippen MR) is 126 cm³/mol. The van der Waals surface area contributed by atoms with Gasteiger partial charge in [0.25, 0.3) is 0 Å². The molecule has 4 aromatic rings. The molecule has 2 heterocycles. The number of ether oxygens (including phenoxy) is 4. The van der Waals surface area contributed by atoms with Crippen LogP contribution in [0.25, 0.3) is 22.3 Å². The van der Waals surface area contributed by atoms with E-state index in [-0.39, 0.29) is 28.7 Å². The number of methoxy groups -OCH3 is 3. The third kappa shape index (κ3) is 3.46. The van der Waals surface area contributed by atoms with E-state index in [0.29, 0.717) is 28.4 Å². The van der Waals surface area contributed by atoms with Crippen LogP contribution in [0.15, 0.2) is 69.9 Å². The highest BCUT2D eigenvalue weighted by molar-refractivity contribution is 5.93. The topological polar surface area (TPSA) is 84.2 Å². The number of rotatable bonds is 5. The standard InChI is InChI=1S/C27H22O7/c1-30-19-11-7-10-16(26(19)32-3)17-12-23(29)33-22-14-21(31-2)25-18(28)13-20(34-27(25)24(17)22)15-8-5-4-6-9-15/h4-11,13-14,17H,12H2,1-3H3. The molecule has 0 saturated carbocycles. The fourth-order valence-corrected chi connectivity index (χ4v) is 4.50. The zero-order valence-corrected chi connectivity index (χ0v) is 18.9. The summed E-state index contributed by atoms with van der Waals surface area (Å²) in [6.07, 6.45) is 0.0389. The Balaban J connectivity index is 1.86. The normalized spacial score (nSPS) is 14.9. The summed E-state index contributed by atoms with van der Waals surface area (Å²) in [4.78, 5) is 25.9. The van der Waals surface area contributed by atoms with E-state index >= 15 is 0 Å². The zero-order chi connectivity index (χ0) is 23.8. The molecule has 1 unspecified atom stereocenters. The molecule has 0 fully saturated rings. The summed E-state index contributed by atoms with van der Waals surface area (Å²) in [7, 11) is 4.55. The Morgan fingerprint density at radius 2 is 1.62 bits per heavy atom. The van der Waals surface area contributed by atoms with E-state index in [0.717, 1.165) is 11.1 Å². The van der Waals surface area contributed by atoms with Gasteiger partial charge in [-0.2, -0.15) is 0 Å². The van der Waals surface area contributed by atoms with Crippen molar-refractivity contribution in [2.24, 2.45) is 0 Å². The first-order valence-corrected chi connectivity index (χ1v) is 10.7. The molecule has 0 N–H and O–H groups in total. The molecule has 3 aromatic carbocycles. The van der Waals surface area contributed by atoms with Gasteiger partial charge in [-0.3, -0.25) is 9.59 Å². The van der Waals surface area contributed by atoms with E-state index in [1.807, 2.05) is 42.5 Å². The van der Waals surface area contributed by atoms with Crippen molar-refractivity contribution in [3.05, 3.63) is 82.0 Å². The second-order valence-electron chi connectivity index (χ2n) is 7.85. The minimum absolute atomic E-state index is 0.0389. The molecule has 0 saturated heterocycles. The average Bonchev–Trinajstić information content (AvgIpc) is 2.87. The lowest BCUT2D eigenvalue weighted by Crippen LogP contribution is -2.22. The van der Waals surface area contributed by atoms with Gasteiger partial charge >= 0.3 is 5.97 Å². The van der Waals surface area contributed by atoms with Crippen molar-refractivity contribution in [3.8, 4) is 34.3 Å². The molecule has 0 amide bonds. The number of hydrogen-bond acceptors (Lipinski definition) is 7. The minimum atomic E-state index is -0.496. The summed E-state index contributed by atoms with van der Waals surface area (Å²) in [5, 5.41) is 0.283. The first-order valence-electron chi connectivity index (χ1n) is 10.7. The number of esters is 1. The lowest BCUT2D eigenvalue weighted by molar-refractivity contribution is -0.135. The molecule has 5 rings (SSSR count). The monoisotopic (exact) mass is 458 g/mol. The van der Waals surface area contributed by atoms with Crippen LogP contribution in [0, 0.1) is 0 Å². The third-order valence-electron chi connectivity index (χ3n) is 6.00. The van der Waals surface area contributed by atoms with Gasteiger partial charge in [0, 0.05) is 34.7 Å². The van der Waals surface area contributed by atoms with Crippen LogP contribution in [-0.2, 0) is 4.79 Å². The largest absolute Gasteiger partial charge is 0.496 e. The first-order chi connectivity index (χ1) is 16.5. The summed E-state index contributed by atoms with van der Waals surface area (Å²) >= 11 is 0. The van der Waals surface area contributed by atoms with Crippen molar-refractivity contribution in [3.63, 3.8) is 0 Å². The fourth-order valence-electron chi connectivity index (χ4n) is 4.50. The summed E-state index contributed by atoms with van der Waals surface area (Å²) < 4.78 is 28.5. The number of carbonyl (C=O) groups is 1. The Kier molecular flexibility index (Phi) is 5.45. The molecular formula is C27H22O7. The van der Waals surface area contributed by atoms with Gasteiger partial charge in [-0.05, 0) is 6.07 Å². The van der Waals surface area contributed by atoms with E-state index in [1.54, 1.807) is 26.4 Å². The highest BCUT2D eigenvalue weighted by Crippen LogP contribution is 2.49. The van der Waals surface area contributed by atoms with Crippen LogP contribution in [0.4, 0.5) is 0 Å². The van der Waals surface area contributed by atoms with Crippen LogP contribution in [0.2, 0.25) is 0 Å². The second kappa shape index (κ2) is 8.59. The number of hydrogen-bond donors (Lipinski definition) is 0. The van der Waals surface area contributed by atoms with Crippen LogP contribution in [0.5, 0.6) is 23.0 Å². The summed E-state index contributed by atoms with van der Waals surface area (Å²) in [6, 6.07) is 17.8. The van der Waals surface area contributed by atoms with E-state index in [1.165, 1.54) is 13.2 Å². The Morgan fingerprint density at radius 3 is 2.32 bits per heavy atom. The highest BCUT2D eigenvalue weighted by atomic mass is 16.5. The number of carbonyl (C=O) groups excluding carboxylic acids is 1. The molecule has 0 radical (unpaired) electrons. The number of benzene rings is 3. The van der Waals surface area contributed by atoms with Gasteiger partial charge in [-0.25, -0.2) is 0 Å². The average molecular weight is 458 g/mol. The van der Waals surface area contributed by atoms with E-state index in [4.69, 9.17) is 23.4 Å². The van der Waals surface area contributed by atoms with Gasteiger partial charge in [-0.15, -0.1) is 0 Å². The van der Waals surface area contributed by atoms with E-state index in [2.05, 4.69) is 0 Å². The quantitative estimate of drug-likeness (QED) is 0.310. The molecule has 7 heteroatoms. The molecular weight excluding hydrogens is 436 g/mol. The van der Waals surface area contributed by atoms with E-state index in [9.17, 15) is 9.59 Å². The molecule has 34 heavy (non-hydrogen) atoms. The van der Waals surface area contributed by atoms with Crippen molar-refractivity contribution in [2.75, 3.05) is 21.3 Å². The Hall–Kier alpha value is -4.26. The van der Waals surface area contributed by atoms with Crippen LogP contribution in [0.1, 0.15) is 23.5 Å². The first kappa shape index (κ1) is 21.6. The third-order valence-corrected chi connectivity index (χ3v) is 6.00. The maximum Gasteiger partial charge on any atom is 0.312 e. The molecule has 1 atom stereocenters. The summed E-state index contributed by atoms with van der Waals surface area (Å²) in [5.41, 5.74) is 2.10. The van der Waals surface area contributed by atoms with Crippen molar-refractivity contribution >= 4 is 16.9 Å². The minimum Gasteiger partial charge on any atom is -0.496 e. The molecule has 0 aliphatic carbocycles. The zero-order valence-electron chi connectivity index (χ0n) is 18.9. The van der Waals surface area contributed by atoms with Crippen LogP contribution in [0.3, 0.4) is 0 Å². The number of fused-ring (bicyclic) bond motifs is 3. The number of para-hydroxylation sites is 1. The van der Waals surface area contributed by atoms with Gasteiger partial charge in [0.15, 0.2) is 16.9 Å². The molecule has 1 aromatic heterocycles. The Morgan fingerprint density at radius 1 is 0.853 bits per heavy atom. The molecule has 1 aliphatic heterocycles. The summed E-state index contributed by atoms with van der Waals surface area (Å²) in [6.45, 7) is 0. The molecule has 1 aliphatic rings. The van der Waals surface area contributed by atoms with Crippen LogP contribution >= 0.6 is 0 Å². The van der Waals surface area contributed by atoms with E-state index < -0.39 is 11.9 Å². The molecule has 0 spiro atoms. The smallest absolute Gasteiger partial charge is 0.312 e. The molecule has 0 bridgehead atoms. The molecule has 172 valence electrons. The SMILES string of the molecule is COc1cccc(C2CC(=O)Oc3cc(OC)c4c(=O)cc(-c5ccccc5)oc4c32)c1OC. The fraction of sp³-hybridized carbons (Fsp3) is 0.185. The van der Waals surface area contributed by atoms with Crippen molar-refractivity contribution < 1.29 is 28.2 Å². The summed E-state index contributed by atoms with van der Waals surface area (Å²) in [5.74, 6) is 1.08. The predicted octanol–water partition coefficient (Wildman–Crippen LogP) is 4.93. The lowest BCUT2D eigenvalue weighted by atomic mass is 9.84. The van der Waals surface area contributed by atoms with Gasteiger partial charge in [-0.1, -0.05) is 42.5 Å². The Bertz CT molecular complexity index is 1450. The van der Waals surface area contributed by atoms with Gasteiger partial charge < -0.3 is 23.4 Å². The lowest BCUT2D eigenvalue weighted by Gasteiger charge is -2.27. The maximum atomic E-state index is 13.3. The van der Waals surface area contributed by atoms with Crippen LogP contribution < -0.4 is 24.4 Å². The van der Waals surface area contributed by atoms with Crippen molar-refractivity contribution in [2.45, 2.75) is 12.3 Å². The van der Waals surface area contributed by atoms with Crippen LogP contribution in [-0.4, -0.2) is 27.3 Å². The maximum absolute atomic E-state index is 13.3. The molecule has 7 nitrogen and oxygen atoms in total. The van der Waals surface area contributed by atoms with Gasteiger partial charge in [0.1, 0.15) is 28.2 Å². The van der Waals surface area contributed by atoms with Gasteiger partial charge in [0.05, 0.1) is 27.8 Å². The second-order valence-corrected chi connectivity index (χ2v) is 7.85. The Labute approximate surface area is 195 Å². The van der Waals surface area contributed by atoms with Gasteiger partial charge in [0.2, 0.25) is 0 Å². The van der Waals surface area contributed by atoms with Crippen molar-refractivity contribution in [1.29, 1.82) is 0 Å². The highest BCUT2D eigenvalue weighted by Gasteiger charge is 2.35. The van der Waals surface area contributed by atoms with Crippen molar-refractivity contribution in [1.82, 2.24) is 0 Å².